The Morgan fingerprint density at radius 3 is 2.60 bits per heavy atom. The van der Waals surface area contributed by atoms with Gasteiger partial charge < -0.3 is 0 Å². The molecule has 0 aliphatic rings. The van der Waals surface area contributed by atoms with E-state index in [-0.39, 0.29) is 5.82 Å². The quantitative estimate of drug-likeness (QED) is 0.384. The van der Waals surface area contributed by atoms with Gasteiger partial charge in [0.2, 0.25) is 0 Å². The number of hydrogen-bond acceptors (Lipinski definition) is 0. The van der Waals surface area contributed by atoms with Crippen LogP contribution in [0.25, 0.3) is 0 Å². The van der Waals surface area contributed by atoms with Crippen molar-refractivity contribution in [3.8, 4) is 0 Å². The van der Waals surface area contributed by atoms with E-state index in [9.17, 15) is 4.39 Å². The largest absolute Gasteiger partial charge is 0.205 e. The molecule has 0 N–H and O–H groups in total. The predicted molar refractivity (Wildman–Crippen MR) is 51.8 cm³/mol. The summed E-state index contributed by atoms with van der Waals surface area (Å²) >= 11 is 10.5. The SMILES string of the molecule is Fc1c(Br)ccc(Cl)c1I. The molecule has 1 aromatic rings. The Hall–Kier alpha value is 0.650. The maximum atomic E-state index is 12.9. The van der Waals surface area contributed by atoms with Crippen molar-refractivity contribution in [1.82, 2.24) is 0 Å². The third-order valence-electron chi connectivity index (χ3n) is 0.988. The Kier molecular flexibility index (Phi) is 2.94. The third kappa shape index (κ3) is 1.62. The van der Waals surface area contributed by atoms with E-state index in [1.165, 1.54) is 0 Å². The second kappa shape index (κ2) is 3.36. The third-order valence-corrected chi connectivity index (χ3v) is 3.29. The zero-order valence-corrected chi connectivity index (χ0v) is 9.17. The molecule has 0 saturated heterocycles. The molecule has 0 nitrogen and oxygen atoms in total. The van der Waals surface area contributed by atoms with E-state index in [0.29, 0.717) is 13.1 Å². The molecule has 1 rings (SSSR count). The lowest BCUT2D eigenvalue weighted by atomic mass is 10.3. The van der Waals surface area contributed by atoms with Gasteiger partial charge in [-0.2, -0.15) is 0 Å². The van der Waals surface area contributed by atoms with Gasteiger partial charge in [-0.15, -0.1) is 0 Å². The molecule has 0 bridgehead atoms. The van der Waals surface area contributed by atoms with E-state index >= 15 is 0 Å². The maximum absolute atomic E-state index is 12.9. The van der Waals surface area contributed by atoms with E-state index in [1.54, 1.807) is 12.1 Å². The number of rotatable bonds is 0. The summed E-state index contributed by atoms with van der Waals surface area (Å²) < 4.78 is 13.8. The first-order valence-electron chi connectivity index (χ1n) is 2.42. The number of benzene rings is 1. The lowest BCUT2D eigenvalue weighted by molar-refractivity contribution is 0.613. The van der Waals surface area contributed by atoms with Gasteiger partial charge in [0.05, 0.1) is 13.1 Å². The number of halogens is 4. The van der Waals surface area contributed by atoms with E-state index in [2.05, 4.69) is 15.9 Å². The van der Waals surface area contributed by atoms with Crippen LogP contribution in [-0.4, -0.2) is 0 Å². The van der Waals surface area contributed by atoms with Gasteiger partial charge in [-0.3, -0.25) is 0 Å². The van der Waals surface area contributed by atoms with Crippen LogP contribution in [0.3, 0.4) is 0 Å². The molecule has 4 heteroatoms. The van der Waals surface area contributed by atoms with Gasteiger partial charge in [0, 0.05) is 0 Å². The summed E-state index contributed by atoms with van der Waals surface area (Å²) in [6.45, 7) is 0. The fourth-order valence-electron chi connectivity index (χ4n) is 0.502. The van der Waals surface area contributed by atoms with Gasteiger partial charge in [-0.25, -0.2) is 4.39 Å². The molecule has 0 amide bonds. The standard InChI is InChI=1S/C6H2BrClFI/c7-3-1-2-4(8)6(10)5(3)9/h1-2H. The summed E-state index contributed by atoms with van der Waals surface area (Å²) in [5.74, 6) is -0.298. The summed E-state index contributed by atoms with van der Waals surface area (Å²) in [7, 11) is 0. The maximum Gasteiger partial charge on any atom is 0.152 e. The smallest absolute Gasteiger partial charge is 0.152 e. The molecule has 0 heterocycles. The highest BCUT2D eigenvalue weighted by Gasteiger charge is 2.06. The van der Waals surface area contributed by atoms with Crippen molar-refractivity contribution in [2.45, 2.75) is 0 Å². The average molecular weight is 335 g/mol. The van der Waals surface area contributed by atoms with Gasteiger partial charge in [-0.05, 0) is 50.7 Å². The van der Waals surface area contributed by atoms with Gasteiger partial charge in [0.15, 0.2) is 5.82 Å². The molecular weight excluding hydrogens is 333 g/mol. The molecule has 10 heavy (non-hydrogen) atoms. The summed E-state index contributed by atoms with van der Waals surface area (Å²) in [6.07, 6.45) is 0. The minimum absolute atomic E-state index is 0.298. The molecule has 0 atom stereocenters. The van der Waals surface area contributed by atoms with Crippen molar-refractivity contribution in [3.05, 3.63) is 31.0 Å². The van der Waals surface area contributed by atoms with Gasteiger partial charge >= 0.3 is 0 Å². The van der Waals surface area contributed by atoms with Gasteiger partial charge in [0.1, 0.15) is 0 Å². The summed E-state index contributed by atoms with van der Waals surface area (Å²) in [5, 5.41) is 0.446. The lowest BCUT2D eigenvalue weighted by Gasteiger charge is -1.98. The van der Waals surface area contributed by atoms with E-state index in [4.69, 9.17) is 11.6 Å². The average Bonchev–Trinajstić information content (AvgIpc) is 1.93. The van der Waals surface area contributed by atoms with E-state index in [1.807, 2.05) is 22.6 Å². The van der Waals surface area contributed by atoms with Crippen LogP contribution in [0.1, 0.15) is 0 Å². The van der Waals surface area contributed by atoms with Crippen molar-refractivity contribution in [2.75, 3.05) is 0 Å². The second-order valence-electron chi connectivity index (χ2n) is 1.66. The van der Waals surface area contributed by atoms with Crippen LogP contribution in [0.15, 0.2) is 16.6 Å². The zero-order chi connectivity index (χ0) is 7.72. The molecule has 0 saturated carbocycles. The first-order valence-corrected chi connectivity index (χ1v) is 4.67. The van der Waals surface area contributed by atoms with Crippen LogP contribution in [0, 0.1) is 9.39 Å². The van der Waals surface area contributed by atoms with Crippen LogP contribution in [0.2, 0.25) is 5.02 Å². The first-order chi connectivity index (χ1) is 4.63. The molecule has 54 valence electrons. The van der Waals surface area contributed by atoms with E-state index < -0.39 is 0 Å². The highest BCUT2D eigenvalue weighted by Crippen LogP contribution is 2.26. The Labute approximate surface area is 85.0 Å². The summed E-state index contributed by atoms with van der Waals surface area (Å²) in [4.78, 5) is 0. The van der Waals surface area contributed by atoms with Gasteiger partial charge in [-0.1, -0.05) is 11.6 Å². The molecule has 0 aliphatic heterocycles. The fourth-order valence-corrected chi connectivity index (χ4v) is 1.82. The Morgan fingerprint density at radius 2 is 2.10 bits per heavy atom. The minimum Gasteiger partial charge on any atom is -0.205 e. The fraction of sp³-hybridized carbons (Fsp3) is 0. The topological polar surface area (TPSA) is 0 Å². The highest BCUT2D eigenvalue weighted by atomic mass is 127. The Balaban J connectivity index is 3.34. The second-order valence-corrected chi connectivity index (χ2v) is 4.00. The molecule has 0 fully saturated rings. The number of hydrogen-bond donors (Lipinski definition) is 0. The molecular formula is C6H2BrClFI. The van der Waals surface area contributed by atoms with Crippen LogP contribution < -0.4 is 0 Å². The Morgan fingerprint density at radius 1 is 1.50 bits per heavy atom. The normalized spacial score (nSPS) is 10.0. The highest BCUT2D eigenvalue weighted by molar-refractivity contribution is 14.1. The van der Waals surface area contributed by atoms with Crippen LogP contribution in [0.5, 0.6) is 0 Å². The molecule has 0 aliphatic carbocycles. The predicted octanol–water partition coefficient (Wildman–Crippen LogP) is 3.85. The van der Waals surface area contributed by atoms with Gasteiger partial charge in [0.25, 0.3) is 0 Å². The summed E-state index contributed by atoms with van der Waals surface area (Å²) in [6, 6.07) is 3.23. The monoisotopic (exact) mass is 334 g/mol. The van der Waals surface area contributed by atoms with Crippen LogP contribution in [-0.2, 0) is 0 Å². The lowest BCUT2D eigenvalue weighted by Crippen LogP contribution is -1.83. The van der Waals surface area contributed by atoms with Crippen molar-refractivity contribution in [1.29, 1.82) is 0 Å². The molecule has 0 radical (unpaired) electrons. The van der Waals surface area contributed by atoms with Crippen LogP contribution >= 0.6 is 50.1 Å². The van der Waals surface area contributed by atoms with Crippen molar-refractivity contribution in [2.24, 2.45) is 0 Å². The minimum atomic E-state index is -0.298. The van der Waals surface area contributed by atoms with Crippen LogP contribution in [0.4, 0.5) is 4.39 Å². The van der Waals surface area contributed by atoms with Crippen molar-refractivity contribution >= 4 is 50.1 Å². The molecule has 1 aromatic carbocycles. The van der Waals surface area contributed by atoms with Crippen molar-refractivity contribution in [3.63, 3.8) is 0 Å². The summed E-state index contributed by atoms with van der Waals surface area (Å²) in [5.41, 5.74) is 0. The molecule has 0 spiro atoms. The molecule has 0 unspecified atom stereocenters. The first kappa shape index (κ1) is 8.74. The van der Waals surface area contributed by atoms with Crippen molar-refractivity contribution < 1.29 is 4.39 Å². The Bertz CT molecular complexity index is 237. The van der Waals surface area contributed by atoms with E-state index in [0.717, 1.165) is 0 Å². The zero-order valence-electron chi connectivity index (χ0n) is 4.67. The molecule has 0 aromatic heterocycles.